The number of hydrogen-bond donors (Lipinski definition) is 1. The van der Waals surface area contributed by atoms with Crippen molar-refractivity contribution >= 4 is 63.0 Å². The number of anilines is 2. The number of carbonyl (C=O) groups excluding carboxylic acids is 2. The monoisotopic (exact) mass is 410 g/mol. The van der Waals surface area contributed by atoms with Gasteiger partial charge in [0, 0.05) is 12.6 Å². The van der Waals surface area contributed by atoms with Crippen molar-refractivity contribution in [1.29, 1.82) is 0 Å². The summed E-state index contributed by atoms with van der Waals surface area (Å²) in [5, 5.41) is 9.27. The van der Waals surface area contributed by atoms with Crippen LogP contribution in [-0.2, 0) is 9.59 Å². The first-order valence-corrected chi connectivity index (χ1v) is 9.55. The Balaban J connectivity index is 1.86. The lowest BCUT2D eigenvalue weighted by molar-refractivity contribution is -0.115. The van der Waals surface area contributed by atoms with E-state index in [0.29, 0.717) is 22.4 Å². The summed E-state index contributed by atoms with van der Waals surface area (Å²) in [6.45, 7) is 1.77. The molecule has 0 unspecified atom stereocenters. The Labute approximate surface area is 170 Å². The van der Waals surface area contributed by atoms with Gasteiger partial charge in [0.05, 0.1) is 27.4 Å². The van der Waals surface area contributed by atoms with Crippen LogP contribution in [0.3, 0.4) is 0 Å². The van der Waals surface area contributed by atoms with Gasteiger partial charge in [-0.2, -0.15) is 0 Å². The molecule has 2 aliphatic heterocycles. The topological polar surface area (TPSA) is 77.9 Å². The van der Waals surface area contributed by atoms with Gasteiger partial charge in [0.1, 0.15) is 0 Å². The van der Waals surface area contributed by atoms with Crippen molar-refractivity contribution in [3.63, 3.8) is 0 Å². The maximum absolute atomic E-state index is 13.2. The van der Waals surface area contributed by atoms with E-state index in [1.54, 1.807) is 26.1 Å². The summed E-state index contributed by atoms with van der Waals surface area (Å²) >= 11 is 6.47. The highest BCUT2D eigenvalue weighted by Gasteiger charge is 2.42. The molecule has 2 amide bonds. The van der Waals surface area contributed by atoms with Crippen molar-refractivity contribution < 1.29 is 19.5 Å². The molecular weight excluding hydrogens is 396 g/mol. The molecule has 0 aromatic heterocycles. The number of rotatable bonds is 2. The molecule has 1 saturated heterocycles. The number of para-hydroxylation sites is 1. The zero-order valence-electron chi connectivity index (χ0n) is 14.9. The number of aryl methyl sites for hydroxylation is 1. The molecule has 0 aliphatic carbocycles. The average molecular weight is 410 g/mol. The highest BCUT2D eigenvalue weighted by Crippen LogP contribution is 2.45. The number of nitrogens with zero attached hydrogens (tertiary/aromatic N) is 2. The van der Waals surface area contributed by atoms with Crippen LogP contribution in [0.5, 0.6) is 0 Å². The Morgan fingerprint density at radius 3 is 2.50 bits per heavy atom. The molecule has 0 spiro atoms. The molecule has 2 aliphatic rings. The largest absolute Gasteiger partial charge is 0.478 e. The van der Waals surface area contributed by atoms with Gasteiger partial charge in [-0.3, -0.25) is 14.5 Å². The molecule has 28 heavy (non-hydrogen) atoms. The second-order valence-electron chi connectivity index (χ2n) is 6.40. The molecule has 140 valence electrons. The fourth-order valence-electron chi connectivity index (χ4n) is 3.30. The Morgan fingerprint density at radius 1 is 1.07 bits per heavy atom. The predicted octanol–water partition coefficient (Wildman–Crippen LogP) is 3.45. The number of amides is 2. The van der Waals surface area contributed by atoms with Crippen LogP contribution in [0.4, 0.5) is 11.4 Å². The summed E-state index contributed by atoms with van der Waals surface area (Å²) in [5.41, 5.74) is 2.92. The number of fused-ring (bicyclic) bond motifs is 1. The predicted molar refractivity (Wildman–Crippen MR) is 113 cm³/mol. The molecule has 0 atom stereocenters. The van der Waals surface area contributed by atoms with Crippen LogP contribution in [0, 0.1) is 6.92 Å². The first-order chi connectivity index (χ1) is 13.3. The minimum atomic E-state index is -1.09. The van der Waals surface area contributed by atoms with E-state index in [-0.39, 0.29) is 20.7 Å². The smallest absolute Gasteiger partial charge is 0.335 e. The van der Waals surface area contributed by atoms with Gasteiger partial charge in [0.15, 0.2) is 4.32 Å². The number of hydrogen-bond acceptors (Lipinski definition) is 5. The van der Waals surface area contributed by atoms with E-state index in [1.165, 1.54) is 21.9 Å². The number of benzene rings is 2. The van der Waals surface area contributed by atoms with E-state index >= 15 is 0 Å². The quantitative estimate of drug-likeness (QED) is 0.604. The van der Waals surface area contributed by atoms with Gasteiger partial charge in [0.25, 0.3) is 11.8 Å². The Morgan fingerprint density at radius 2 is 1.79 bits per heavy atom. The number of thiocarbonyl (C=S) groups is 1. The third-order valence-corrected chi connectivity index (χ3v) is 6.12. The number of carboxylic acids is 1. The molecule has 0 saturated carbocycles. The van der Waals surface area contributed by atoms with Crippen molar-refractivity contribution in [3.8, 4) is 0 Å². The van der Waals surface area contributed by atoms with Crippen LogP contribution in [-0.4, -0.2) is 34.3 Å². The van der Waals surface area contributed by atoms with Crippen molar-refractivity contribution in [2.24, 2.45) is 0 Å². The zero-order valence-corrected chi connectivity index (χ0v) is 16.6. The van der Waals surface area contributed by atoms with E-state index in [9.17, 15) is 19.5 Å². The van der Waals surface area contributed by atoms with Crippen LogP contribution < -0.4 is 9.80 Å². The fraction of sp³-hybridized carbons (Fsp3) is 0.100. The van der Waals surface area contributed by atoms with Crippen LogP contribution in [0.15, 0.2) is 47.4 Å². The normalized spacial score (nSPS) is 18.9. The highest BCUT2D eigenvalue weighted by molar-refractivity contribution is 8.27. The first kappa shape index (κ1) is 18.4. The summed E-state index contributed by atoms with van der Waals surface area (Å²) in [5.74, 6) is -1.78. The minimum absolute atomic E-state index is 0.0596. The molecular formula is C20H14N2O4S2. The summed E-state index contributed by atoms with van der Waals surface area (Å²) in [4.78, 5) is 40.5. The van der Waals surface area contributed by atoms with Crippen LogP contribution >= 0.6 is 24.0 Å². The Hall–Kier alpha value is -2.97. The van der Waals surface area contributed by atoms with Crippen LogP contribution in [0.25, 0.3) is 5.57 Å². The maximum atomic E-state index is 13.2. The van der Waals surface area contributed by atoms with Crippen LogP contribution in [0.2, 0.25) is 0 Å². The van der Waals surface area contributed by atoms with Crippen molar-refractivity contribution in [1.82, 2.24) is 0 Å². The third-order valence-electron chi connectivity index (χ3n) is 4.75. The SMILES string of the molecule is Cc1ccc(C(=O)O)cc1N1C(=O)C(=C2C(=O)N(C)c3ccccc32)SC1=S. The van der Waals surface area contributed by atoms with E-state index in [4.69, 9.17) is 12.2 Å². The van der Waals surface area contributed by atoms with Crippen molar-refractivity contribution in [3.05, 3.63) is 64.1 Å². The molecule has 4 rings (SSSR count). The highest BCUT2D eigenvalue weighted by atomic mass is 32.2. The van der Waals surface area contributed by atoms with E-state index in [2.05, 4.69) is 0 Å². The van der Waals surface area contributed by atoms with E-state index < -0.39 is 11.9 Å². The summed E-state index contributed by atoms with van der Waals surface area (Å²) in [7, 11) is 1.66. The standard InChI is InChI=1S/C20H14N2O4S2/c1-10-7-8-11(19(25)26)9-14(10)22-18(24)16(28-20(22)27)15-12-5-3-4-6-13(12)21(2)17(15)23/h3-9H,1-2H3,(H,25,26). The second-order valence-corrected chi connectivity index (χ2v) is 8.04. The lowest BCUT2D eigenvalue weighted by Gasteiger charge is -2.18. The summed E-state index contributed by atoms with van der Waals surface area (Å²) < 4.78 is 0.262. The van der Waals surface area contributed by atoms with Gasteiger partial charge in [-0.15, -0.1) is 0 Å². The van der Waals surface area contributed by atoms with Crippen LogP contribution in [0.1, 0.15) is 21.5 Å². The lowest BCUT2D eigenvalue weighted by atomic mass is 10.1. The van der Waals surface area contributed by atoms with Gasteiger partial charge < -0.3 is 10.0 Å². The second kappa shape index (κ2) is 6.57. The molecule has 2 aromatic rings. The molecule has 6 nitrogen and oxygen atoms in total. The zero-order chi connectivity index (χ0) is 20.2. The number of carboxylic acid groups (broad SMARTS) is 1. The number of aromatic carboxylic acids is 1. The molecule has 0 radical (unpaired) electrons. The van der Waals surface area contributed by atoms with Crippen molar-refractivity contribution in [2.75, 3.05) is 16.8 Å². The van der Waals surface area contributed by atoms with Gasteiger partial charge in [-0.25, -0.2) is 4.79 Å². The Bertz CT molecular complexity index is 1120. The molecule has 0 bridgehead atoms. The summed E-state index contributed by atoms with van der Waals surface area (Å²) in [6, 6.07) is 11.8. The van der Waals surface area contributed by atoms with Gasteiger partial charge in [0.2, 0.25) is 0 Å². The van der Waals surface area contributed by atoms with Crippen molar-refractivity contribution in [2.45, 2.75) is 6.92 Å². The Kier molecular flexibility index (Phi) is 4.32. The van der Waals surface area contributed by atoms with Gasteiger partial charge in [-0.05, 0) is 30.7 Å². The third kappa shape index (κ3) is 2.64. The molecule has 8 heteroatoms. The van der Waals surface area contributed by atoms with Gasteiger partial charge in [-0.1, -0.05) is 48.2 Å². The number of likely N-dealkylation sites (N-methyl/N-ethyl adjacent to an activating group) is 1. The average Bonchev–Trinajstić information content (AvgIpc) is 3.09. The van der Waals surface area contributed by atoms with E-state index in [0.717, 1.165) is 17.4 Å². The number of carbonyl (C=O) groups is 3. The number of thioether (sulfide) groups is 1. The first-order valence-electron chi connectivity index (χ1n) is 8.33. The molecule has 1 fully saturated rings. The summed E-state index contributed by atoms with van der Waals surface area (Å²) in [6.07, 6.45) is 0. The molecule has 2 aromatic carbocycles. The van der Waals surface area contributed by atoms with E-state index in [1.807, 2.05) is 18.2 Å². The minimum Gasteiger partial charge on any atom is -0.478 e. The molecule has 2 heterocycles. The lowest BCUT2D eigenvalue weighted by Crippen LogP contribution is -2.29. The fourth-order valence-corrected chi connectivity index (χ4v) is 4.66. The molecule has 1 N–H and O–H groups in total. The maximum Gasteiger partial charge on any atom is 0.335 e. The van der Waals surface area contributed by atoms with Gasteiger partial charge >= 0.3 is 5.97 Å².